The number of imidazole rings is 1. The molecule has 1 aliphatic heterocycles. The number of benzene rings is 2. The molecule has 1 aromatic heterocycles. The van der Waals surface area contributed by atoms with Gasteiger partial charge in [0.2, 0.25) is 0 Å². The number of aromatic nitrogens is 2. The SMILES string of the molecule is OC(Cn1cnc2ccccc21)c1ccc2c(c1)CCO2. The Labute approximate surface area is 122 Å². The van der Waals surface area contributed by atoms with Crippen LogP contribution in [0.3, 0.4) is 0 Å². The van der Waals surface area contributed by atoms with Gasteiger partial charge < -0.3 is 14.4 Å². The van der Waals surface area contributed by atoms with Crippen molar-refractivity contribution >= 4 is 11.0 Å². The monoisotopic (exact) mass is 280 g/mol. The van der Waals surface area contributed by atoms with Crippen LogP contribution in [-0.4, -0.2) is 21.3 Å². The molecule has 0 fully saturated rings. The summed E-state index contributed by atoms with van der Waals surface area (Å²) in [5.74, 6) is 0.944. The summed E-state index contributed by atoms with van der Waals surface area (Å²) >= 11 is 0. The standard InChI is InChI=1S/C17H16N2O2/c20-16(12-5-6-17-13(9-12)7-8-21-17)10-19-11-18-14-3-1-2-4-15(14)19/h1-6,9,11,16,20H,7-8,10H2. The third-order valence-electron chi connectivity index (χ3n) is 4.00. The van der Waals surface area contributed by atoms with Gasteiger partial charge in [0, 0.05) is 6.42 Å². The van der Waals surface area contributed by atoms with Gasteiger partial charge in [-0.25, -0.2) is 4.98 Å². The van der Waals surface area contributed by atoms with E-state index in [-0.39, 0.29) is 0 Å². The molecule has 0 saturated heterocycles. The molecule has 0 aliphatic carbocycles. The van der Waals surface area contributed by atoms with Gasteiger partial charge in [0.25, 0.3) is 0 Å². The second kappa shape index (κ2) is 4.90. The van der Waals surface area contributed by atoms with Crippen molar-refractivity contribution in [3.63, 3.8) is 0 Å². The van der Waals surface area contributed by atoms with E-state index in [4.69, 9.17) is 4.74 Å². The molecule has 0 bridgehead atoms. The fourth-order valence-electron chi connectivity index (χ4n) is 2.86. The number of nitrogens with zero attached hydrogens (tertiary/aromatic N) is 2. The van der Waals surface area contributed by atoms with Crippen LogP contribution in [0.4, 0.5) is 0 Å². The summed E-state index contributed by atoms with van der Waals surface area (Å²) in [5.41, 5.74) is 4.10. The van der Waals surface area contributed by atoms with E-state index < -0.39 is 6.10 Å². The number of hydrogen-bond donors (Lipinski definition) is 1. The molecule has 0 radical (unpaired) electrons. The van der Waals surface area contributed by atoms with Crippen LogP contribution in [0.1, 0.15) is 17.2 Å². The van der Waals surface area contributed by atoms with Gasteiger partial charge in [-0.05, 0) is 35.4 Å². The largest absolute Gasteiger partial charge is 0.493 e. The molecule has 1 atom stereocenters. The molecule has 3 aromatic rings. The van der Waals surface area contributed by atoms with Crippen molar-refractivity contribution in [1.82, 2.24) is 9.55 Å². The summed E-state index contributed by atoms with van der Waals surface area (Å²) in [6, 6.07) is 13.9. The van der Waals surface area contributed by atoms with Gasteiger partial charge in [-0.2, -0.15) is 0 Å². The van der Waals surface area contributed by atoms with Crippen LogP contribution < -0.4 is 4.74 Å². The van der Waals surface area contributed by atoms with Gasteiger partial charge in [-0.1, -0.05) is 18.2 Å². The zero-order chi connectivity index (χ0) is 14.2. The lowest BCUT2D eigenvalue weighted by Gasteiger charge is -2.13. The topological polar surface area (TPSA) is 47.3 Å². The summed E-state index contributed by atoms with van der Waals surface area (Å²) in [6.45, 7) is 1.24. The predicted octanol–water partition coefficient (Wildman–Crippen LogP) is 2.70. The molecule has 1 N–H and O–H groups in total. The van der Waals surface area contributed by atoms with E-state index >= 15 is 0 Å². The highest BCUT2D eigenvalue weighted by Gasteiger charge is 2.16. The first-order valence-corrected chi connectivity index (χ1v) is 7.15. The lowest BCUT2D eigenvalue weighted by Crippen LogP contribution is -2.08. The van der Waals surface area contributed by atoms with Crippen molar-refractivity contribution in [2.45, 2.75) is 19.1 Å². The fourth-order valence-corrected chi connectivity index (χ4v) is 2.86. The van der Waals surface area contributed by atoms with Crippen molar-refractivity contribution in [3.05, 3.63) is 59.9 Å². The first-order valence-electron chi connectivity index (χ1n) is 7.15. The summed E-state index contributed by atoms with van der Waals surface area (Å²) in [5, 5.41) is 10.5. The Balaban J connectivity index is 1.62. The highest BCUT2D eigenvalue weighted by atomic mass is 16.5. The lowest BCUT2D eigenvalue weighted by molar-refractivity contribution is 0.158. The van der Waals surface area contributed by atoms with Crippen molar-refractivity contribution < 1.29 is 9.84 Å². The number of ether oxygens (including phenoxy) is 1. The smallest absolute Gasteiger partial charge is 0.122 e. The molecule has 0 saturated carbocycles. The van der Waals surface area contributed by atoms with E-state index in [2.05, 4.69) is 4.98 Å². The van der Waals surface area contributed by atoms with Crippen molar-refractivity contribution in [3.8, 4) is 5.75 Å². The molecule has 106 valence electrons. The molecule has 1 unspecified atom stereocenters. The molecule has 2 heterocycles. The third-order valence-corrected chi connectivity index (χ3v) is 4.00. The lowest BCUT2D eigenvalue weighted by atomic mass is 10.0. The Hall–Kier alpha value is -2.33. The first kappa shape index (κ1) is 12.4. The second-order valence-electron chi connectivity index (χ2n) is 5.37. The van der Waals surface area contributed by atoms with Gasteiger partial charge in [0.05, 0.1) is 36.6 Å². The van der Waals surface area contributed by atoms with Crippen LogP contribution in [0.5, 0.6) is 5.75 Å². The van der Waals surface area contributed by atoms with Crippen molar-refractivity contribution in [2.75, 3.05) is 6.61 Å². The fraction of sp³-hybridized carbons (Fsp3) is 0.235. The summed E-state index contributed by atoms with van der Waals surface area (Å²) in [7, 11) is 0. The average Bonchev–Trinajstić information content (AvgIpc) is 3.13. The number of aliphatic hydroxyl groups is 1. The van der Waals surface area contributed by atoms with Gasteiger partial charge >= 0.3 is 0 Å². The molecular weight excluding hydrogens is 264 g/mol. The van der Waals surface area contributed by atoms with Gasteiger partial charge in [0.15, 0.2) is 0 Å². The predicted molar refractivity (Wildman–Crippen MR) is 80.3 cm³/mol. The van der Waals surface area contributed by atoms with Crippen molar-refractivity contribution in [1.29, 1.82) is 0 Å². The van der Waals surface area contributed by atoms with E-state index in [1.165, 1.54) is 5.56 Å². The Bertz CT molecular complexity index is 794. The molecule has 0 spiro atoms. The molecule has 0 amide bonds. The Morgan fingerprint density at radius 1 is 1.24 bits per heavy atom. The van der Waals surface area contributed by atoms with E-state index in [1.807, 2.05) is 47.0 Å². The molecule has 4 nitrogen and oxygen atoms in total. The molecule has 4 rings (SSSR count). The molecule has 4 heteroatoms. The third kappa shape index (κ3) is 2.17. The number of aliphatic hydroxyl groups excluding tert-OH is 1. The maximum Gasteiger partial charge on any atom is 0.122 e. The summed E-state index contributed by atoms with van der Waals surface area (Å²) in [4.78, 5) is 4.36. The van der Waals surface area contributed by atoms with Gasteiger partial charge in [-0.15, -0.1) is 0 Å². The van der Waals surface area contributed by atoms with Crippen LogP contribution in [0.25, 0.3) is 11.0 Å². The molecule has 1 aliphatic rings. The number of fused-ring (bicyclic) bond motifs is 2. The highest BCUT2D eigenvalue weighted by Crippen LogP contribution is 2.29. The second-order valence-corrected chi connectivity index (χ2v) is 5.37. The maximum absolute atomic E-state index is 10.5. The van der Waals surface area contributed by atoms with E-state index in [9.17, 15) is 5.11 Å². The van der Waals surface area contributed by atoms with Gasteiger partial charge in [0.1, 0.15) is 5.75 Å². The zero-order valence-corrected chi connectivity index (χ0v) is 11.6. The highest BCUT2D eigenvalue weighted by molar-refractivity contribution is 5.74. The van der Waals surface area contributed by atoms with Crippen LogP contribution in [-0.2, 0) is 13.0 Å². The van der Waals surface area contributed by atoms with E-state index in [0.29, 0.717) is 6.54 Å². The number of rotatable bonds is 3. The zero-order valence-electron chi connectivity index (χ0n) is 11.6. The molecule has 21 heavy (non-hydrogen) atoms. The number of hydrogen-bond acceptors (Lipinski definition) is 3. The van der Waals surface area contributed by atoms with Gasteiger partial charge in [-0.3, -0.25) is 0 Å². The Morgan fingerprint density at radius 3 is 3.10 bits per heavy atom. The number of para-hydroxylation sites is 2. The van der Waals surface area contributed by atoms with Crippen LogP contribution in [0.2, 0.25) is 0 Å². The molecular formula is C17H16N2O2. The molecule has 2 aromatic carbocycles. The van der Waals surface area contributed by atoms with Crippen molar-refractivity contribution in [2.24, 2.45) is 0 Å². The normalized spacial score (nSPS) is 14.9. The van der Waals surface area contributed by atoms with E-state index in [1.54, 1.807) is 6.33 Å². The minimum atomic E-state index is -0.548. The average molecular weight is 280 g/mol. The summed E-state index contributed by atoms with van der Waals surface area (Å²) in [6.07, 6.45) is 2.15. The Morgan fingerprint density at radius 2 is 2.14 bits per heavy atom. The summed E-state index contributed by atoms with van der Waals surface area (Å²) < 4.78 is 7.49. The van der Waals surface area contributed by atoms with Crippen LogP contribution in [0.15, 0.2) is 48.8 Å². The quantitative estimate of drug-likeness (QED) is 0.802. The van der Waals surface area contributed by atoms with Crippen LogP contribution in [0, 0.1) is 0 Å². The minimum Gasteiger partial charge on any atom is -0.493 e. The van der Waals surface area contributed by atoms with E-state index in [0.717, 1.165) is 35.4 Å². The maximum atomic E-state index is 10.5. The minimum absolute atomic E-state index is 0.500. The first-order chi connectivity index (χ1) is 10.3. The van der Waals surface area contributed by atoms with Crippen LogP contribution >= 0.6 is 0 Å². The Kier molecular flexibility index (Phi) is 2.89.